The summed E-state index contributed by atoms with van der Waals surface area (Å²) in [5.41, 5.74) is 0. The van der Waals surface area contributed by atoms with E-state index in [1.807, 2.05) is 0 Å². The summed E-state index contributed by atoms with van der Waals surface area (Å²) < 4.78 is 0. The first-order chi connectivity index (χ1) is 8.25. The minimum Gasteiger partial charge on any atom is -0.481 e. The zero-order chi connectivity index (χ0) is 12.1. The van der Waals surface area contributed by atoms with E-state index in [1.54, 1.807) is 0 Å². The van der Waals surface area contributed by atoms with Gasteiger partial charge >= 0.3 is 5.97 Å². The van der Waals surface area contributed by atoms with Crippen LogP contribution in [0, 0.1) is 5.92 Å². The second kappa shape index (κ2) is 7.94. The lowest BCUT2D eigenvalue weighted by Gasteiger charge is -2.33. The van der Waals surface area contributed by atoms with E-state index in [1.165, 1.54) is 0 Å². The topological polar surface area (TPSA) is 55.8 Å². The first kappa shape index (κ1) is 15.7. The molecule has 0 amide bonds. The van der Waals surface area contributed by atoms with Gasteiger partial charge in [-0.05, 0) is 25.9 Å². The highest BCUT2D eigenvalue weighted by atomic mass is 35.5. The monoisotopic (exact) mass is 277 g/mol. The third-order valence-electron chi connectivity index (χ3n) is 3.88. The Morgan fingerprint density at radius 3 is 2.06 bits per heavy atom. The van der Waals surface area contributed by atoms with Crippen molar-refractivity contribution in [2.75, 3.05) is 52.4 Å². The maximum Gasteiger partial charge on any atom is 0.306 e. The number of nitrogens with zero attached hydrogens (tertiary/aromatic N) is 2. The van der Waals surface area contributed by atoms with Crippen molar-refractivity contribution in [3.05, 3.63) is 0 Å². The van der Waals surface area contributed by atoms with E-state index in [0.717, 1.165) is 65.2 Å². The summed E-state index contributed by atoms with van der Waals surface area (Å²) in [5.74, 6) is -0.725. The van der Waals surface area contributed by atoms with Gasteiger partial charge in [0.1, 0.15) is 0 Å². The maximum absolute atomic E-state index is 10.8. The van der Waals surface area contributed by atoms with Crippen molar-refractivity contribution in [1.82, 2.24) is 15.1 Å². The van der Waals surface area contributed by atoms with Crippen LogP contribution in [0.5, 0.6) is 0 Å². The van der Waals surface area contributed by atoms with Crippen LogP contribution in [0.15, 0.2) is 0 Å². The summed E-state index contributed by atoms with van der Waals surface area (Å²) in [7, 11) is 0. The van der Waals surface area contributed by atoms with Gasteiger partial charge in [0.25, 0.3) is 0 Å². The molecule has 2 aliphatic rings. The predicted octanol–water partition coefficient (Wildman–Crippen LogP) is 0.110. The maximum atomic E-state index is 10.8. The molecule has 0 aromatic heterocycles. The summed E-state index contributed by atoms with van der Waals surface area (Å²) in [4.78, 5) is 15.7. The average Bonchev–Trinajstić information content (AvgIpc) is 2.38. The molecular formula is C12H24ClN3O2. The molecule has 2 rings (SSSR count). The number of carbonyl (C=O) groups is 1. The van der Waals surface area contributed by atoms with Gasteiger partial charge in [-0.3, -0.25) is 9.69 Å². The van der Waals surface area contributed by atoms with Crippen molar-refractivity contribution >= 4 is 18.4 Å². The van der Waals surface area contributed by atoms with Gasteiger partial charge in [0.15, 0.2) is 0 Å². The van der Waals surface area contributed by atoms with Crippen LogP contribution in [0.3, 0.4) is 0 Å². The lowest BCUT2D eigenvalue weighted by atomic mass is 9.97. The third kappa shape index (κ3) is 4.72. The highest BCUT2D eigenvalue weighted by Gasteiger charge is 2.24. The van der Waals surface area contributed by atoms with Crippen LogP contribution in [0.4, 0.5) is 0 Å². The van der Waals surface area contributed by atoms with Crippen molar-refractivity contribution < 1.29 is 9.90 Å². The fourth-order valence-corrected chi connectivity index (χ4v) is 2.62. The number of piperazine rings is 1. The molecule has 0 atom stereocenters. The van der Waals surface area contributed by atoms with Crippen LogP contribution < -0.4 is 5.32 Å². The SMILES string of the molecule is Cl.O=C(O)C1CCN(CCN2CCNCC2)CC1. The molecule has 106 valence electrons. The number of likely N-dealkylation sites (tertiary alicyclic amines) is 1. The van der Waals surface area contributed by atoms with E-state index in [-0.39, 0.29) is 18.3 Å². The van der Waals surface area contributed by atoms with Crippen molar-refractivity contribution in [2.24, 2.45) is 5.92 Å². The molecule has 2 fully saturated rings. The van der Waals surface area contributed by atoms with E-state index >= 15 is 0 Å². The zero-order valence-electron chi connectivity index (χ0n) is 10.8. The van der Waals surface area contributed by atoms with Gasteiger partial charge in [0.2, 0.25) is 0 Å². The van der Waals surface area contributed by atoms with Gasteiger partial charge in [0, 0.05) is 39.3 Å². The number of hydrogen-bond donors (Lipinski definition) is 2. The van der Waals surface area contributed by atoms with Crippen LogP contribution in [0.2, 0.25) is 0 Å². The number of carboxylic acids is 1. The Balaban J connectivity index is 0.00000162. The molecule has 5 nitrogen and oxygen atoms in total. The van der Waals surface area contributed by atoms with E-state index < -0.39 is 5.97 Å². The molecule has 18 heavy (non-hydrogen) atoms. The molecule has 2 saturated heterocycles. The Morgan fingerprint density at radius 2 is 1.56 bits per heavy atom. The van der Waals surface area contributed by atoms with Crippen molar-refractivity contribution in [3.63, 3.8) is 0 Å². The number of piperidine rings is 1. The number of hydrogen-bond acceptors (Lipinski definition) is 4. The Labute approximate surface area is 115 Å². The van der Waals surface area contributed by atoms with E-state index in [9.17, 15) is 4.79 Å². The summed E-state index contributed by atoms with van der Waals surface area (Å²) in [6, 6.07) is 0. The van der Waals surface area contributed by atoms with Gasteiger partial charge in [-0.1, -0.05) is 0 Å². The Hall–Kier alpha value is -0.360. The van der Waals surface area contributed by atoms with Crippen molar-refractivity contribution in [1.29, 1.82) is 0 Å². The molecule has 0 saturated carbocycles. The molecule has 0 radical (unpaired) electrons. The summed E-state index contributed by atoms with van der Waals surface area (Å²) in [5, 5.41) is 12.3. The predicted molar refractivity (Wildman–Crippen MR) is 73.4 cm³/mol. The minimum absolute atomic E-state index is 0. The lowest BCUT2D eigenvalue weighted by Crippen LogP contribution is -2.47. The summed E-state index contributed by atoms with van der Waals surface area (Å²) in [6.07, 6.45) is 1.63. The van der Waals surface area contributed by atoms with Gasteiger partial charge in [0.05, 0.1) is 5.92 Å². The summed E-state index contributed by atoms with van der Waals surface area (Å²) >= 11 is 0. The van der Waals surface area contributed by atoms with Crippen LogP contribution in [0.1, 0.15) is 12.8 Å². The number of rotatable bonds is 4. The molecular weight excluding hydrogens is 254 g/mol. The van der Waals surface area contributed by atoms with Crippen LogP contribution in [-0.2, 0) is 4.79 Å². The Bertz CT molecular complexity index is 252. The highest BCUT2D eigenvalue weighted by molar-refractivity contribution is 5.85. The fourth-order valence-electron chi connectivity index (χ4n) is 2.62. The van der Waals surface area contributed by atoms with Crippen molar-refractivity contribution in [3.8, 4) is 0 Å². The summed E-state index contributed by atoms with van der Waals surface area (Å²) in [6.45, 7) is 8.59. The van der Waals surface area contributed by atoms with Crippen molar-refractivity contribution in [2.45, 2.75) is 12.8 Å². The molecule has 0 aliphatic carbocycles. The lowest BCUT2D eigenvalue weighted by molar-refractivity contribution is -0.143. The smallest absolute Gasteiger partial charge is 0.306 e. The number of halogens is 1. The molecule has 2 N–H and O–H groups in total. The molecule has 6 heteroatoms. The number of nitrogens with one attached hydrogen (secondary N) is 1. The van der Waals surface area contributed by atoms with Crippen LogP contribution in [-0.4, -0.2) is 73.2 Å². The van der Waals surface area contributed by atoms with Gasteiger partial charge in [-0.15, -0.1) is 12.4 Å². The molecule has 2 aliphatic heterocycles. The molecule has 0 aromatic carbocycles. The van der Waals surface area contributed by atoms with E-state index in [0.29, 0.717) is 0 Å². The normalized spacial score (nSPS) is 23.6. The second-order valence-electron chi connectivity index (χ2n) is 5.05. The van der Waals surface area contributed by atoms with E-state index in [4.69, 9.17) is 5.11 Å². The molecule has 0 aromatic rings. The van der Waals surface area contributed by atoms with Gasteiger partial charge in [-0.2, -0.15) is 0 Å². The molecule has 0 spiro atoms. The quantitative estimate of drug-likeness (QED) is 0.764. The first-order valence-electron chi connectivity index (χ1n) is 6.64. The average molecular weight is 278 g/mol. The first-order valence-corrected chi connectivity index (χ1v) is 6.64. The molecule has 0 unspecified atom stereocenters. The minimum atomic E-state index is -0.619. The highest BCUT2D eigenvalue weighted by Crippen LogP contribution is 2.16. The Morgan fingerprint density at radius 1 is 1.06 bits per heavy atom. The number of aliphatic carboxylic acids is 1. The zero-order valence-corrected chi connectivity index (χ0v) is 11.6. The number of carboxylic acid groups (broad SMARTS) is 1. The van der Waals surface area contributed by atoms with Gasteiger partial charge in [-0.25, -0.2) is 0 Å². The second-order valence-corrected chi connectivity index (χ2v) is 5.05. The molecule has 2 heterocycles. The van der Waals surface area contributed by atoms with Gasteiger partial charge < -0.3 is 15.3 Å². The van der Waals surface area contributed by atoms with Crippen LogP contribution in [0.25, 0.3) is 0 Å². The largest absolute Gasteiger partial charge is 0.481 e. The van der Waals surface area contributed by atoms with Crippen LogP contribution >= 0.6 is 12.4 Å². The Kier molecular flexibility index (Phi) is 6.92. The standard InChI is InChI=1S/C12H23N3O2.ClH/c16-12(17)11-1-5-14(6-2-11)9-10-15-7-3-13-4-8-15;/h11,13H,1-10H2,(H,16,17);1H. The molecule has 0 bridgehead atoms. The van der Waals surface area contributed by atoms with E-state index in [2.05, 4.69) is 15.1 Å². The fraction of sp³-hybridized carbons (Fsp3) is 0.917. The third-order valence-corrected chi connectivity index (χ3v) is 3.88.